The number of aromatic amines is 1. The van der Waals surface area contributed by atoms with Crippen LogP contribution in [0.1, 0.15) is 11.1 Å². The molecule has 0 radical (unpaired) electrons. The van der Waals surface area contributed by atoms with Gasteiger partial charge in [0.05, 0.1) is 11.0 Å². The molecule has 0 aliphatic heterocycles. The Kier molecular flexibility index (Phi) is 1.96. The Morgan fingerprint density at radius 2 is 1.58 bits per heavy atom. The minimum absolute atomic E-state index is 0.858. The van der Waals surface area contributed by atoms with Crippen LogP contribution in [0.25, 0.3) is 33.1 Å². The minimum Gasteiger partial charge on any atom is -0.338 e. The molecule has 92 valence electrons. The van der Waals surface area contributed by atoms with Gasteiger partial charge < -0.3 is 4.98 Å². The van der Waals surface area contributed by atoms with Crippen molar-refractivity contribution in [1.29, 1.82) is 0 Å². The van der Waals surface area contributed by atoms with Crippen molar-refractivity contribution >= 4 is 33.1 Å². The van der Waals surface area contributed by atoms with Crippen LogP contribution in [0, 0.1) is 13.8 Å². The number of nitrogens with zero attached hydrogens (tertiary/aromatic N) is 2. The van der Waals surface area contributed by atoms with Gasteiger partial charge in [-0.3, -0.25) is 0 Å². The zero-order valence-corrected chi connectivity index (χ0v) is 10.9. The first-order chi connectivity index (χ1) is 9.22. The summed E-state index contributed by atoms with van der Waals surface area (Å²) < 4.78 is 0. The third-order valence-corrected chi connectivity index (χ3v) is 3.71. The van der Waals surface area contributed by atoms with Crippen molar-refractivity contribution in [3.05, 3.63) is 47.5 Å². The van der Waals surface area contributed by atoms with Gasteiger partial charge in [-0.15, -0.1) is 0 Å². The van der Waals surface area contributed by atoms with Crippen LogP contribution in [0.2, 0.25) is 0 Å². The molecule has 0 saturated carbocycles. The summed E-state index contributed by atoms with van der Waals surface area (Å²) in [4.78, 5) is 12.8. The van der Waals surface area contributed by atoms with E-state index < -0.39 is 0 Å². The first-order valence-electron chi connectivity index (χ1n) is 6.38. The van der Waals surface area contributed by atoms with E-state index in [1.54, 1.807) is 0 Å². The third-order valence-electron chi connectivity index (χ3n) is 3.71. The van der Waals surface area contributed by atoms with Crippen LogP contribution in [-0.4, -0.2) is 15.0 Å². The van der Waals surface area contributed by atoms with Gasteiger partial charge in [0.25, 0.3) is 0 Å². The predicted octanol–water partition coefficient (Wildman–Crippen LogP) is 3.88. The van der Waals surface area contributed by atoms with Gasteiger partial charge in [0.2, 0.25) is 0 Å². The maximum Gasteiger partial charge on any atom is 0.157 e. The highest BCUT2D eigenvalue weighted by Crippen LogP contribution is 2.25. The highest BCUT2D eigenvalue weighted by molar-refractivity contribution is 6.05. The fourth-order valence-corrected chi connectivity index (χ4v) is 2.51. The van der Waals surface area contributed by atoms with Crippen molar-refractivity contribution < 1.29 is 0 Å². The normalized spacial score (nSPS) is 11.7. The lowest BCUT2D eigenvalue weighted by Crippen LogP contribution is -1.89. The molecular weight excluding hydrogens is 234 g/mol. The van der Waals surface area contributed by atoms with E-state index in [1.807, 2.05) is 12.1 Å². The predicted molar refractivity (Wildman–Crippen MR) is 78.4 cm³/mol. The summed E-state index contributed by atoms with van der Waals surface area (Å²) in [6.45, 7) is 4.21. The van der Waals surface area contributed by atoms with Crippen LogP contribution < -0.4 is 0 Å². The summed E-state index contributed by atoms with van der Waals surface area (Å²) in [6.07, 6.45) is 0. The summed E-state index contributed by atoms with van der Waals surface area (Å²) in [5.41, 5.74) is 7.30. The first kappa shape index (κ1) is 10.5. The van der Waals surface area contributed by atoms with Gasteiger partial charge in [0, 0.05) is 10.9 Å². The Morgan fingerprint density at radius 3 is 2.37 bits per heavy atom. The smallest absolute Gasteiger partial charge is 0.157 e. The second-order valence-corrected chi connectivity index (χ2v) is 5.02. The number of aryl methyl sites for hydroxylation is 2. The second kappa shape index (κ2) is 3.54. The highest BCUT2D eigenvalue weighted by Gasteiger charge is 2.09. The van der Waals surface area contributed by atoms with E-state index in [-0.39, 0.29) is 0 Å². The lowest BCUT2D eigenvalue weighted by atomic mass is 10.1. The summed E-state index contributed by atoms with van der Waals surface area (Å²) in [5, 5.41) is 1.13. The molecule has 0 aliphatic carbocycles. The molecule has 0 atom stereocenters. The number of hydrogen-bond donors (Lipinski definition) is 1. The maximum atomic E-state index is 4.77. The topological polar surface area (TPSA) is 41.6 Å². The summed E-state index contributed by atoms with van der Waals surface area (Å²) in [7, 11) is 0. The Labute approximate surface area is 110 Å². The van der Waals surface area contributed by atoms with Crippen molar-refractivity contribution in [3.8, 4) is 0 Å². The number of aromatic nitrogens is 3. The lowest BCUT2D eigenvalue weighted by Gasteiger charge is -2.02. The number of H-pyrrole nitrogens is 1. The minimum atomic E-state index is 0.858. The van der Waals surface area contributed by atoms with Crippen LogP contribution in [-0.2, 0) is 0 Å². The number of nitrogens with one attached hydrogen (secondary N) is 1. The Balaban J connectivity index is 2.21. The number of para-hydroxylation sites is 1. The largest absolute Gasteiger partial charge is 0.338 e. The van der Waals surface area contributed by atoms with E-state index in [9.17, 15) is 0 Å². The molecule has 0 spiro atoms. The van der Waals surface area contributed by atoms with Crippen LogP contribution in [0.15, 0.2) is 36.4 Å². The standard InChI is InChI=1S/C16H13N3/c1-9-7-13-14(8-10(9)2)19-16-15(17-13)11-5-3-4-6-12(11)18-16/h3-8H,1-2H3,(H,18,19). The molecule has 4 rings (SSSR count). The zero-order chi connectivity index (χ0) is 13.0. The molecule has 3 heteroatoms. The van der Waals surface area contributed by atoms with Gasteiger partial charge in [-0.25, -0.2) is 9.97 Å². The molecule has 0 unspecified atom stereocenters. The van der Waals surface area contributed by atoms with Gasteiger partial charge in [0.15, 0.2) is 5.65 Å². The van der Waals surface area contributed by atoms with Gasteiger partial charge >= 0.3 is 0 Å². The monoisotopic (exact) mass is 247 g/mol. The molecule has 0 saturated heterocycles. The van der Waals surface area contributed by atoms with E-state index in [0.29, 0.717) is 0 Å². The average molecular weight is 247 g/mol. The Morgan fingerprint density at radius 1 is 0.895 bits per heavy atom. The van der Waals surface area contributed by atoms with E-state index >= 15 is 0 Å². The average Bonchev–Trinajstić information content (AvgIpc) is 2.75. The number of benzene rings is 2. The van der Waals surface area contributed by atoms with Crippen molar-refractivity contribution in [2.75, 3.05) is 0 Å². The van der Waals surface area contributed by atoms with Crippen LogP contribution in [0.3, 0.4) is 0 Å². The van der Waals surface area contributed by atoms with Crippen molar-refractivity contribution in [2.45, 2.75) is 13.8 Å². The SMILES string of the molecule is Cc1cc2nc3[nH]c4ccccc4c3nc2cc1C. The third kappa shape index (κ3) is 1.45. The number of fused-ring (bicyclic) bond motifs is 4. The molecular formula is C16H13N3. The number of rotatable bonds is 0. The van der Waals surface area contributed by atoms with Gasteiger partial charge in [-0.1, -0.05) is 18.2 Å². The first-order valence-corrected chi connectivity index (χ1v) is 6.38. The summed E-state index contributed by atoms with van der Waals surface area (Å²) in [6, 6.07) is 12.4. The van der Waals surface area contributed by atoms with Gasteiger partial charge in [-0.05, 0) is 43.2 Å². The lowest BCUT2D eigenvalue weighted by molar-refractivity contribution is 1.30. The Hall–Kier alpha value is -2.42. The van der Waals surface area contributed by atoms with Crippen LogP contribution >= 0.6 is 0 Å². The van der Waals surface area contributed by atoms with E-state index in [2.05, 4.69) is 43.1 Å². The van der Waals surface area contributed by atoms with Crippen molar-refractivity contribution in [1.82, 2.24) is 15.0 Å². The van der Waals surface area contributed by atoms with Crippen molar-refractivity contribution in [3.63, 3.8) is 0 Å². The fourth-order valence-electron chi connectivity index (χ4n) is 2.51. The zero-order valence-electron chi connectivity index (χ0n) is 10.9. The quantitative estimate of drug-likeness (QED) is 0.512. The number of hydrogen-bond acceptors (Lipinski definition) is 2. The summed E-state index contributed by atoms with van der Waals surface area (Å²) >= 11 is 0. The molecule has 4 aromatic rings. The Bertz CT molecular complexity index is 935. The molecule has 1 N–H and O–H groups in total. The molecule has 0 bridgehead atoms. The van der Waals surface area contributed by atoms with Crippen LogP contribution in [0.5, 0.6) is 0 Å². The van der Waals surface area contributed by atoms with Gasteiger partial charge in [0.1, 0.15) is 5.52 Å². The van der Waals surface area contributed by atoms with Gasteiger partial charge in [-0.2, -0.15) is 0 Å². The highest BCUT2D eigenvalue weighted by atomic mass is 14.9. The maximum absolute atomic E-state index is 4.77. The molecule has 2 aromatic carbocycles. The van der Waals surface area contributed by atoms with E-state index in [1.165, 1.54) is 11.1 Å². The van der Waals surface area contributed by atoms with E-state index in [4.69, 9.17) is 9.97 Å². The summed E-state index contributed by atoms with van der Waals surface area (Å²) in [5.74, 6) is 0. The fraction of sp³-hybridized carbons (Fsp3) is 0.125. The molecule has 0 amide bonds. The molecule has 19 heavy (non-hydrogen) atoms. The second-order valence-electron chi connectivity index (χ2n) is 5.02. The molecule has 0 aliphatic rings. The molecule has 2 aromatic heterocycles. The molecule has 2 heterocycles. The van der Waals surface area contributed by atoms with Crippen LogP contribution in [0.4, 0.5) is 0 Å². The van der Waals surface area contributed by atoms with E-state index in [0.717, 1.165) is 33.1 Å². The molecule has 0 fully saturated rings. The molecule has 3 nitrogen and oxygen atoms in total. The van der Waals surface area contributed by atoms with Crippen molar-refractivity contribution in [2.24, 2.45) is 0 Å².